The van der Waals surface area contributed by atoms with Crippen molar-refractivity contribution in [1.82, 2.24) is 55.6 Å². The molecule has 510 valence electrons. The normalized spacial score (nSPS) is 27.2. The molecule has 0 saturated carbocycles. The Balaban J connectivity index is 4.48. The topological polar surface area (TPSA) is 325 Å². The number of nitrogens with zero attached hydrogens (tertiary/aromatic N) is 7. The number of nitrogens with two attached hydrogens (primary N) is 1. The van der Waals surface area contributed by atoms with Crippen LogP contribution in [0.4, 0.5) is 0 Å². The van der Waals surface area contributed by atoms with E-state index in [-0.39, 0.29) is 69.2 Å². The van der Waals surface area contributed by atoms with Gasteiger partial charge >= 0.3 is 0 Å². The number of hydrogen-bond acceptors (Lipinski definition) is 14. The Morgan fingerprint density at radius 1 is 0.494 bits per heavy atom. The molecule has 89 heavy (non-hydrogen) atoms. The second kappa shape index (κ2) is 36.0. The van der Waals surface area contributed by atoms with Crippen LogP contribution in [-0.4, -0.2) is 244 Å². The van der Waals surface area contributed by atoms with Crippen LogP contribution in [0.1, 0.15) is 163 Å². The van der Waals surface area contributed by atoms with E-state index in [1.807, 2.05) is 41.5 Å². The first-order chi connectivity index (χ1) is 41.0. The second-order valence-corrected chi connectivity index (χ2v) is 27.3. The van der Waals surface area contributed by atoms with Crippen LogP contribution in [0.25, 0.3) is 0 Å². The van der Waals surface area contributed by atoms with Gasteiger partial charge in [0, 0.05) is 55.8 Å². The number of nitrogens with one attached hydrogen (secondary N) is 4. The van der Waals surface area contributed by atoms with Gasteiger partial charge in [0.1, 0.15) is 66.5 Å². The number of carbonyl (C=O) groups is 11. The molecule has 1 heterocycles. The van der Waals surface area contributed by atoms with Gasteiger partial charge in [-0.05, 0) is 115 Å². The van der Waals surface area contributed by atoms with Crippen LogP contribution < -0.4 is 27.0 Å². The van der Waals surface area contributed by atoms with E-state index in [4.69, 9.17) is 5.73 Å². The fourth-order valence-electron chi connectivity index (χ4n) is 11.3. The minimum atomic E-state index is -1.66. The van der Waals surface area contributed by atoms with E-state index >= 15 is 14.4 Å². The van der Waals surface area contributed by atoms with Crippen molar-refractivity contribution in [3.8, 4) is 0 Å². The number of likely N-dealkylation sites (N-methyl/N-ethyl adjacent to an activating group) is 7. The predicted octanol–water partition coefficient (Wildman–Crippen LogP) is 2.10. The zero-order chi connectivity index (χ0) is 69.2. The van der Waals surface area contributed by atoms with Crippen LogP contribution in [0.2, 0.25) is 0 Å². The van der Waals surface area contributed by atoms with Gasteiger partial charge in [-0.15, -0.1) is 0 Å². The van der Waals surface area contributed by atoms with Crippen molar-refractivity contribution in [1.29, 1.82) is 0 Å². The maximum atomic E-state index is 15.2. The summed E-state index contributed by atoms with van der Waals surface area (Å²) in [5, 5.41) is 34.3. The fraction of sp³-hybridized carbons (Fsp3) is 0.797. The van der Waals surface area contributed by atoms with Crippen molar-refractivity contribution in [2.24, 2.45) is 41.2 Å². The highest BCUT2D eigenvalue weighted by Gasteiger charge is 2.46. The zero-order valence-electron chi connectivity index (χ0n) is 58.3. The summed E-state index contributed by atoms with van der Waals surface area (Å²) in [6, 6.07) is -14.5. The van der Waals surface area contributed by atoms with Crippen LogP contribution in [0.5, 0.6) is 0 Å². The lowest BCUT2D eigenvalue weighted by Gasteiger charge is -2.41. The van der Waals surface area contributed by atoms with Gasteiger partial charge < -0.3 is 71.5 Å². The van der Waals surface area contributed by atoms with Crippen LogP contribution in [-0.2, 0) is 52.7 Å². The molecule has 0 unspecified atom stereocenters. The molecule has 0 spiro atoms. The first-order valence-electron chi connectivity index (χ1n) is 31.8. The lowest BCUT2D eigenvalue weighted by Crippen LogP contribution is -2.64. The van der Waals surface area contributed by atoms with Crippen LogP contribution in [0.3, 0.4) is 0 Å². The number of amides is 11. The molecule has 11 amide bonds. The quantitative estimate of drug-likeness (QED) is 0.103. The second-order valence-electron chi connectivity index (χ2n) is 27.3. The largest absolute Gasteiger partial charge is 0.390 e. The molecule has 1 fully saturated rings. The number of hydrogen-bond donors (Lipinski definition) is 7. The highest BCUT2D eigenvalue weighted by atomic mass is 16.3. The molecule has 0 aromatic rings. The van der Waals surface area contributed by atoms with Crippen LogP contribution >= 0.6 is 0 Å². The van der Waals surface area contributed by atoms with Gasteiger partial charge in [-0.1, -0.05) is 95.2 Å². The Bertz CT molecular complexity index is 2450. The van der Waals surface area contributed by atoms with Crippen molar-refractivity contribution in [3.63, 3.8) is 0 Å². The van der Waals surface area contributed by atoms with Gasteiger partial charge in [-0.25, -0.2) is 0 Å². The maximum Gasteiger partial charge on any atom is 0.246 e. The third kappa shape index (κ3) is 22.6. The molecule has 1 saturated heterocycles. The molecule has 0 aromatic carbocycles. The molecular weight excluding hydrogens is 1140 g/mol. The molecule has 0 radical (unpaired) electrons. The molecule has 13 atom stereocenters. The highest BCUT2D eigenvalue weighted by molar-refractivity contribution is 6.00. The molecule has 0 bridgehead atoms. The molecular formula is C64H116N12O13. The van der Waals surface area contributed by atoms with E-state index in [1.54, 1.807) is 60.6 Å². The van der Waals surface area contributed by atoms with Crippen molar-refractivity contribution in [2.75, 3.05) is 55.9 Å². The molecule has 1 aliphatic heterocycles. The summed E-state index contributed by atoms with van der Waals surface area (Å²) in [5.41, 5.74) is 4.51. The highest BCUT2D eigenvalue weighted by Crippen LogP contribution is 2.26. The molecule has 8 N–H and O–H groups in total. The van der Waals surface area contributed by atoms with E-state index in [9.17, 15) is 48.6 Å². The predicted molar refractivity (Wildman–Crippen MR) is 342 cm³/mol. The standard InChI is InChI=1S/C64H116N12O13/c1-25-27-28-40(13)52(77)51-56(81)68-43(26-2)58(83)70(18)44(29-30-65)59(84)74(22)48(34-64(16,17)89)55(80)69-49(38(9)10)62(87)71(19)45(31-35(3)4)54(79)66-41(14)53(78)67-42(15)57(82)72(20)46(32-36(5)6)60(85)73(21)47(33-37(7)8)61(86)75(23)50(39(11)12)63(88)76(51)24/h25,27,35-52,77,89H,26,28-34,65H2,1-24H3,(H,66,79)(H,67,78)(H,68,81)(H,69,80)/t40-,41+,42-,43+,44+,45+,46+,47+,48+,49+,50+,51+,52-/m1/s1. The first kappa shape index (κ1) is 80.8. The minimum absolute atomic E-state index is 0.0459. The van der Waals surface area contributed by atoms with Gasteiger partial charge in [0.15, 0.2) is 0 Å². The van der Waals surface area contributed by atoms with Crippen molar-refractivity contribution in [2.45, 2.75) is 241 Å². The van der Waals surface area contributed by atoms with Crippen molar-refractivity contribution in [3.05, 3.63) is 12.2 Å². The van der Waals surface area contributed by atoms with Gasteiger partial charge in [-0.2, -0.15) is 0 Å². The minimum Gasteiger partial charge on any atom is -0.390 e. The smallest absolute Gasteiger partial charge is 0.246 e. The van der Waals surface area contributed by atoms with Crippen molar-refractivity contribution >= 4 is 65.0 Å². The first-order valence-corrected chi connectivity index (χ1v) is 31.8. The van der Waals surface area contributed by atoms with Crippen LogP contribution in [0.15, 0.2) is 12.2 Å². The average Bonchev–Trinajstić information content (AvgIpc) is 2.33. The summed E-state index contributed by atoms with van der Waals surface area (Å²) in [7, 11) is 9.68. The lowest BCUT2D eigenvalue weighted by atomic mass is 9.91. The Hall–Kier alpha value is -6.21. The van der Waals surface area contributed by atoms with Crippen LogP contribution in [0, 0.1) is 35.5 Å². The van der Waals surface area contributed by atoms with E-state index in [2.05, 4.69) is 21.3 Å². The van der Waals surface area contributed by atoms with Gasteiger partial charge in [-0.3, -0.25) is 52.7 Å². The molecule has 25 heteroatoms. The van der Waals surface area contributed by atoms with E-state index in [0.717, 1.165) is 14.7 Å². The summed E-state index contributed by atoms with van der Waals surface area (Å²) in [4.78, 5) is 170. The van der Waals surface area contributed by atoms with E-state index in [1.165, 1.54) is 96.6 Å². The number of carbonyl (C=O) groups excluding carboxylic acids is 11. The third-order valence-corrected chi connectivity index (χ3v) is 16.8. The number of aliphatic hydroxyl groups excluding tert-OH is 1. The monoisotopic (exact) mass is 1260 g/mol. The molecule has 1 rings (SSSR count). The number of allylic oxidation sites excluding steroid dienone is 2. The van der Waals surface area contributed by atoms with Gasteiger partial charge in [0.25, 0.3) is 0 Å². The summed E-state index contributed by atoms with van der Waals surface area (Å²) < 4.78 is 0. The number of rotatable bonds is 17. The SMILES string of the molecule is CC=CC[C@@H](C)[C@@H](O)[C@H]1C(=O)N[C@@H](CC)C(=O)N(C)[C@@H](CCN)C(=O)N(C)[C@@H](CC(C)(C)O)C(=O)N[C@@H](C(C)C)C(=O)N(C)[C@@H](CC(C)C)C(=O)N[C@@H](C)C(=O)N[C@H](C)C(=O)N(C)[C@@H](CC(C)C)C(=O)N(C)[C@@H](CC(C)C)C(=O)N(C)[C@@H](C(C)C)C(=O)N1C. The Labute approximate surface area is 531 Å². The maximum absolute atomic E-state index is 15.2. The molecule has 0 aliphatic carbocycles. The molecule has 1 aliphatic rings. The Morgan fingerprint density at radius 3 is 1.36 bits per heavy atom. The van der Waals surface area contributed by atoms with E-state index < -0.39 is 161 Å². The van der Waals surface area contributed by atoms with Gasteiger partial charge in [0.05, 0.1) is 11.7 Å². The summed E-state index contributed by atoms with van der Waals surface area (Å²) >= 11 is 0. The summed E-state index contributed by atoms with van der Waals surface area (Å²) in [6.45, 7) is 28.6. The summed E-state index contributed by atoms with van der Waals surface area (Å²) in [6.07, 6.45) is 2.14. The lowest BCUT2D eigenvalue weighted by molar-refractivity contribution is -0.157. The van der Waals surface area contributed by atoms with E-state index in [0.29, 0.717) is 0 Å². The Kier molecular flexibility index (Phi) is 32.7. The van der Waals surface area contributed by atoms with Crippen molar-refractivity contribution < 1.29 is 63.0 Å². The molecule has 0 aromatic heterocycles. The fourth-order valence-corrected chi connectivity index (χ4v) is 11.3. The Morgan fingerprint density at radius 2 is 0.910 bits per heavy atom. The molecule has 25 nitrogen and oxygen atoms in total. The zero-order valence-corrected chi connectivity index (χ0v) is 58.3. The number of aliphatic hydroxyl groups is 2. The van der Waals surface area contributed by atoms with Gasteiger partial charge in [0.2, 0.25) is 65.0 Å². The third-order valence-electron chi connectivity index (χ3n) is 16.8. The summed E-state index contributed by atoms with van der Waals surface area (Å²) in [5.74, 6) is -10.5. The average molecular weight is 1260 g/mol.